The van der Waals surface area contributed by atoms with Crippen molar-refractivity contribution in [1.29, 1.82) is 0 Å². The third-order valence-electron chi connectivity index (χ3n) is 6.52. The second-order valence-electron chi connectivity index (χ2n) is 8.46. The number of aliphatic hydroxyl groups excluding tert-OH is 1. The van der Waals surface area contributed by atoms with Crippen LogP contribution in [0.15, 0.2) is 34.3 Å². The highest BCUT2D eigenvalue weighted by molar-refractivity contribution is 6.16. The van der Waals surface area contributed by atoms with Crippen LogP contribution in [-0.4, -0.2) is 42.0 Å². The number of carbonyl (C=O) groups excluding carboxylic acids is 1. The van der Waals surface area contributed by atoms with Gasteiger partial charge >= 0.3 is 0 Å². The number of aliphatic imine (C=N–C) groups is 2. The summed E-state index contributed by atoms with van der Waals surface area (Å²) in [7, 11) is 0. The van der Waals surface area contributed by atoms with E-state index in [0.717, 1.165) is 30.4 Å². The van der Waals surface area contributed by atoms with Gasteiger partial charge in [-0.3, -0.25) is 14.8 Å². The molecule has 1 N–H and O–H groups in total. The number of ketones is 1. The molecule has 0 bridgehead atoms. The van der Waals surface area contributed by atoms with Gasteiger partial charge in [-0.05, 0) is 49.5 Å². The number of carbonyl (C=O) groups is 1. The Balaban J connectivity index is 1.83. The standard InChI is InChI=1S/C23H32N2O2/c1-15-8-9-18(26)12-16(2)21(15)13-23(27)20-7-5-4-6-19(20)22-14-24-10-11-25-17(22)3/h4-7,10-11,15-18,21-22,26H,8-9,12-14H2,1-3H3. The summed E-state index contributed by atoms with van der Waals surface area (Å²) in [4.78, 5) is 22.3. The van der Waals surface area contributed by atoms with Gasteiger partial charge in [-0.2, -0.15) is 0 Å². The maximum absolute atomic E-state index is 13.3. The van der Waals surface area contributed by atoms with Crippen molar-refractivity contribution in [3.8, 4) is 0 Å². The molecule has 1 fully saturated rings. The first kappa shape index (κ1) is 19.9. The van der Waals surface area contributed by atoms with E-state index in [1.54, 1.807) is 12.4 Å². The molecule has 1 aromatic rings. The Kier molecular flexibility index (Phi) is 6.59. The van der Waals surface area contributed by atoms with Gasteiger partial charge in [-0.25, -0.2) is 0 Å². The van der Waals surface area contributed by atoms with Crippen LogP contribution < -0.4 is 0 Å². The zero-order valence-corrected chi connectivity index (χ0v) is 16.7. The SMILES string of the molecule is CC1CCC(O)CC(C)C1CC(=O)c1ccccc1C1CN=CC=NC1C. The fourth-order valence-corrected chi connectivity index (χ4v) is 4.76. The first-order chi connectivity index (χ1) is 13.0. The van der Waals surface area contributed by atoms with E-state index in [2.05, 4.69) is 36.8 Å². The molecule has 1 aliphatic heterocycles. The summed E-state index contributed by atoms with van der Waals surface area (Å²) < 4.78 is 0. The van der Waals surface area contributed by atoms with Gasteiger partial charge in [0.2, 0.25) is 0 Å². The molecule has 0 amide bonds. The predicted octanol–water partition coefficient (Wildman–Crippen LogP) is 4.32. The van der Waals surface area contributed by atoms with Gasteiger partial charge in [0.05, 0.1) is 12.1 Å². The maximum Gasteiger partial charge on any atom is 0.163 e. The second kappa shape index (κ2) is 8.92. The molecule has 146 valence electrons. The topological polar surface area (TPSA) is 62.0 Å². The van der Waals surface area contributed by atoms with E-state index < -0.39 is 0 Å². The van der Waals surface area contributed by atoms with Crippen molar-refractivity contribution in [1.82, 2.24) is 0 Å². The maximum atomic E-state index is 13.3. The number of benzene rings is 1. The monoisotopic (exact) mass is 368 g/mol. The van der Waals surface area contributed by atoms with Crippen molar-refractivity contribution in [3.63, 3.8) is 0 Å². The van der Waals surface area contributed by atoms with Crippen molar-refractivity contribution in [2.24, 2.45) is 27.7 Å². The third-order valence-corrected chi connectivity index (χ3v) is 6.52. The largest absolute Gasteiger partial charge is 0.393 e. The molecule has 6 unspecified atom stereocenters. The van der Waals surface area contributed by atoms with E-state index >= 15 is 0 Å². The second-order valence-corrected chi connectivity index (χ2v) is 8.46. The third kappa shape index (κ3) is 4.73. The Morgan fingerprint density at radius 2 is 1.89 bits per heavy atom. The summed E-state index contributed by atoms with van der Waals surface area (Å²) in [5.74, 6) is 1.49. The molecule has 6 atom stereocenters. The Morgan fingerprint density at radius 3 is 2.70 bits per heavy atom. The van der Waals surface area contributed by atoms with Crippen LogP contribution in [0.5, 0.6) is 0 Å². The zero-order valence-electron chi connectivity index (χ0n) is 16.7. The molecule has 4 heteroatoms. The van der Waals surface area contributed by atoms with E-state index in [4.69, 9.17) is 0 Å². The molecule has 1 aromatic carbocycles. The zero-order chi connectivity index (χ0) is 19.4. The molecular formula is C23H32N2O2. The number of hydrogen-bond donors (Lipinski definition) is 1. The van der Waals surface area contributed by atoms with Crippen LogP contribution in [-0.2, 0) is 0 Å². The molecule has 0 saturated heterocycles. The van der Waals surface area contributed by atoms with E-state index in [9.17, 15) is 9.90 Å². The molecule has 3 rings (SSSR count). The Labute approximate surface area is 162 Å². The smallest absolute Gasteiger partial charge is 0.163 e. The summed E-state index contributed by atoms with van der Waals surface area (Å²) in [6.45, 7) is 7.17. The summed E-state index contributed by atoms with van der Waals surface area (Å²) in [6, 6.07) is 8.09. The number of rotatable bonds is 4. The summed E-state index contributed by atoms with van der Waals surface area (Å²) >= 11 is 0. The van der Waals surface area contributed by atoms with Crippen LogP contribution in [0.3, 0.4) is 0 Å². The van der Waals surface area contributed by atoms with Gasteiger partial charge in [0.1, 0.15) is 0 Å². The average molecular weight is 369 g/mol. The van der Waals surface area contributed by atoms with Gasteiger partial charge in [0.25, 0.3) is 0 Å². The molecule has 1 heterocycles. The van der Waals surface area contributed by atoms with Crippen molar-refractivity contribution in [2.45, 2.75) is 64.5 Å². The van der Waals surface area contributed by atoms with Crippen LogP contribution >= 0.6 is 0 Å². The lowest BCUT2D eigenvalue weighted by Gasteiger charge is -2.27. The van der Waals surface area contributed by atoms with Gasteiger partial charge in [0.15, 0.2) is 5.78 Å². The van der Waals surface area contributed by atoms with Gasteiger partial charge < -0.3 is 5.11 Å². The summed E-state index contributed by atoms with van der Waals surface area (Å²) in [5, 5.41) is 10.1. The highest BCUT2D eigenvalue weighted by Gasteiger charge is 2.32. The minimum absolute atomic E-state index is 0.104. The average Bonchev–Trinajstić information content (AvgIpc) is 2.93. The van der Waals surface area contributed by atoms with Crippen LogP contribution in [0.1, 0.15) is 68.3 Å². The number of Topliss-reactive ketones (excluding diaryl/α,β-unsaturated/α-hetero) is 1. The van der Waals surface area contributed by atoms with Gasteiger partial charge in [-0.1, -0.05) is 38.1 Å². The van der Waals surface area contributed by atoms with E-state index in [1.165, 1.54) is 0 Å². The first-order valence-electron chi connectivity index (χ1n) is 10.3. The number of aliphatic hydroxyl groups is 1. The Morgan fingerprint density at radius 1 is 1.11 bits per heavy atom. The fourth-order valence-electron chi connectivity index (χ4n) is 4.76. The van der Waals surface area contributed by atoms with Crippen LogP contribution in [0.2, 0.25) is 0 Å². The molecule has 2 aliphatic rings. The van der Waals surface area contributed by atoms with Crippen LogP contribution in [0, 0.1) is 17.8 Å². The highest BCUT2D eigenvalue weighted by Crippen LogP contribution is 2.37. The lowest BCUT2D eigenvalue weighted by Crippen LogP contribution is -2.24. The summed E-state index contributed by atoms with van der Waals surface area (Å²) in [6.07, 6.45) is 6.48. The fraction of sp³-hybridized carbons (Fsp3) is 0.609. The number of nitrogens with zero attached hydrogens (tertiary/aromatic N) is 2. The molecule has 0 spiro atoms. The van der Waals surface area contributed by atoms with Crippen molar-refractivity contribution < 1.29 is 9.90 Å². The Hall–Kier alpha value is -1.81. The van der Waals surface area contributed by atoms with Crippen LogP contribution in [0.25, 0.3) is 0 Å². The predicted molar refractivity (Wildman–Crippen MR) is 111 cm³/mol. The first-order valence-corrected chi connectivity index (χ1v) is 10.3. The van der Waals surface area contributed by atoms with Crippen molar-refractivity contribution >= 4 is 18.2 Å². The molecule has 1 saturated carbocycles. The van der Waals surface area contributed by atoms with Crippen molar-refractivity contribution in [2.75, 3.05) is 6.54 Å². The number of hydrogen-bond acceptors (Lipinski definition) is 4. The molecule has 4 nitrogen and oxygen atoms in total. The lowest BCUT2D eigenvalue weighted by atomic mass is 9.77. The highest BCUT2D eigenvalue weighted by atomic mass is 16.3. The van der Waals surface area contributed by atoms with Gasteiger partial charge in [-0.15, -0.1) is 0 Å². The van der Waals surface area contributed by atoms with E-state index in [-0.39, 0.29) is 23.8 Å². The molecule has 27 heavy (non-hydrogen) atoms. The van der Waals surface area contributed by atoms with E-state index in [0.29, 0.717) is 30.7 Å². The molecular weight excluding hydrogens is 336 g/mol. The molecule has 0 aromatic heterocycles. The molecule has 0 radical (unpaired) electrons. The summed E-state index contributed by atoms with van der Waals surface area (Å²) in [5.41, 5.74) is 1.89. The lowest BCUT2D eigenvalue weighted by molar-refractivity contribution is 0.0904. The minimum Gasteiger partial charge on any atom is -0.393 e. The normalized spacial score (nSPS) is 34.1. The van der Waals surface area contributed by atoms with E-state index in [1.807, 2.05) is 18.2 Å². The quantitative estimate of drug-likeness (QED) is 0.635. The Bertz CT molecular complexity index is 712. The minimum atomic E-state index is -0.225. The van der Waals surface area contributed by atoms with Gasteiger partial charge in [0, 0.05) is 36.9 Å². The molecule has 1 aliphatic carbocycles. The van der Waals surface area contributed by atoms with Crippen molar-refractivity contribution in [3.05, 3.63) is 35.4 Å². The van der Waals surface area contributed by atoms with Crippen LogP contribution in [0.4, 0.5) is 0 Å².